The number of carbonyl (C=O) groups is 1. The molecule has 4 nitrogen and oxygen atoms in total. The van der Waals surface area contributed by atoms with E-state index in [0.29, 0.717) is 6.04 Å². The maximum atomic E-state index is 13.2. The van der Waals surface area contributed by atoms with Crippen LogP contribution in [0.4, 0.5) is 5.69 Å². The third-order valence-electron chi connectivity index (χ3n) is 5.55. The fourth-order valence-electron chi connectivity index (χ4n) is 4.45. The molecule has 4 heteroatoms. The fraction of sp³-hybridized carbons (Fsp3) is 0.250. The molecule has 0 radical (unpaired) electrons. The Hall–Kier alpha value is -2.59. The predicted octanol–water partition coefficient (Wildman–Crippen LogP) is 2.26. The first-order valence-electron chi connectivity index (χ1n) is 8.57. The lowest BCUT2D eigenvalue weighted by Crippen LogP contribution is -3.00. The van der Waals surface area contributed by atoms with Crippen molar-refractivity contribution in [1.29, 1.82) is 0 Å². The van der Waals surface area contributed by atoms with Crippen molar-refractivity contribution < 1.29 is 10.1 Å². The number of hydrogen-bond donors (Lipinski definition) is 3. The monoisotopic (exact) mass is 318 g/mol. The van der Waals surface area contributed by atoms with Crippen LogP contribution >= 0.6 is 0 Å². The summed E-state index contributed by atoms with van der Waals surface area (Å²) in [6.07, 6.45) is 2.06. The summed E-state index contributed by atoms with van der Waals surface area (Å²) in [6.45, 7) is 2.21. The van der Waals surface area contributed by atoms with E-state index < -0.39 is 5.54 Å². The van der Waals surface area contributed by atoms with Gasteiger partial charge in [-0.05, 0) is 37.1 Å². The number of nitrogens with two attached hydrogens (primary N) is 1. The molecule has 2 aliphatic heterocycles. The minimum absolute atomic E-state index is 0.0604. The van der Waals surface area contributed by atoms with Crippen LogP contribution in [0, 0.1) is 0 Å². The molecule has 2 aliphatic rings. The zero-order chi connectivity index (χ0) is 16.3. The predicted molar refractivity (Wildman–Crippen MR) is 93.9 cm³/mol. The van der Waals surface area contributed by atoms with Gasteiger partial charge in [0.2, 0.25) is 5.54 Å². The first kappa shape index (κ1) is 13.8. The highest BCUT2D eigenvalue weighted by atomic mass is 16.2. The summed E-state index contributed by atoms with van der Waals surface area (Å²) in [7, 11) is 0. The Bertz CT molecular complexity index is 974. The van der Waals surface area contributed by atoms with Crippen LogP contribution in [0.1, 0.15) is 30.2 Å². The van der Waals surface area contributed by atoms with Gasteiger partial charge in [-0.2, -0.15) is 0 Å². The molecule has 1 aromatic heterocycles. The third kappa shape index (κ3) is 1.64. The number of anilines is 1. The molecule has 1 spiro atoms. The molecule has 120 valence electrons. The summed E-state index contributed by atoms with van der Waals surface area (Å²) in [5.41, 5.74) is 4.74. The second-order valence-electron chi connectivity index (χ2n) is 7.01. The Morgan fingerprint density at radius 3 is 2.83 bits per heavy atom. The number of fused-ring (bicyclic) bond motifs is 6. The maximum absolute atomic E-state index is 13.2. The Morgan fingerprint density at radius 2 is 1.92 bits per heavy atom. The van der Waals surface area contributed by atoms with Crippen molar-refractivity contribution in [2.45, 2.75) is 31.3 Å². The molecule has 5 rings (SSSR count). The molecule has 0 saturated carbocycles. The number of H-pyrrole nitrogens is 1. The number of benzene rings is 2. The van der Waals surface area contributed by atoms with Gasteiger partial charge in [-0.25, -0.2) is 0 Å². The smallest absolute Gasteiger partial charge is 0.297 e. The fourth-order valence-corrected chi connectivity index (χ4v) is 4.45. The van der Waals surface area contributed by atoms with Crippen LogP contribution < -0.4 is 10.6 Å². The molecule has 4 N–H and O–H groups in total. The lowest BCUT2D eigenvalue weighted by molar-refractivity contribution is -0.738. The Labute approximate surface area is 140 Å². The molecule has 3 aromatic rings. The highest BCUT2D eigenvalue weighted by Crippen LogP contribution is 2.42. The van der Waals surface area contributed by atoms with Gasteiger partial charge in [0.1, 0.15) is 0 Å². The number of nitrogens with one attached hydrogen (secondary N) is 2. The van der Waals surface area contributed by atoms with Crippen LogP contribution in [0.3, 0.4) is 0 Å². The highest BCUT2D eigenvalue weighted by Gasteiger charge is 2.56. The second kappa shape index (κ2) is 4.71. The maximum Gasteiger partial charge on any atom is 0.297 e. The van der Waals surface area contributed by atoms with E-state index in [2.05, 4.69) is 46.8 Å². The number of quaternary nitrogens is 1. The molecule has 0 fully saturated rings. The molecule has 2 atom stereocenters. The highest BCUT2D eigenvalue weighted by molar-refractivity contribution is 6.08. The van der Waals surface area contributed by atoms with Crippen LogP contribution in [0.25, 0.3) is 10.9 Å². The Kier molecular flexibility index (Phi) is 2.71. The van der Waals surface area contributed by atoms with E-state index in [0.717, 1.165) is 35.3 Å². The summed E-state index contributed by atoms with van der Waals surface area (Å²) in [5, 5.41) is 6.59. The van der Waals surface area contributed by atoms with Gasteiger partial charge >= 0.3 is 0 Å². The normalized spacial score (nSPS) is 25.4. The number of aromatic amines is 1. The van der Waals surface area contributed by atoms with E-state index >= 15 is 0 Å². The molecule has 24 heavy (non-hydrogen) atoms. The first-order valence-corrected chi connectivity index (χ1v) is 8.57. The molecular formula is C20H20N3O+. The lowest BCUT2D eigenvalue weighted by atomic mass is 9.85. The Balaban J connectivity index is 1.88. The van der Waals surface area contributed by atoms with Gasteiger partial charge in [-0.1, -0.05) is 30.3 Å². The largest absolute Gasteiger partial charge is 0.352 e. The van der Waals surface area contributed by atoms with E-state index in [1.807, 2.05) is 24.3 Å². The summed E-state index contributed by atoms with van der Waals surface area (Å²) >= 11 is 0. The van der Waals surface area contributed by atoms with Gasteiger partial charge in [0.05, 0.1) is 23.0 Å². The number of rotatable bonds is 0. The van der Waals surface area contributed by atoms with Crippen LogP contribution in [0.2, 0.25) is 0 Å². The molecule has 0 bridgehead atoms. The summed E-state index contributed by atoms with van der Waals surface area (Å²) < 4.78 is 0. The quantitative estimate of drug-likeness (QED) is 0.585. The third-order valence-corrected chi connectivity index (χ3v) is 5.55. The van der Waals surface area contributed by atoms with E-state index in [9.17, 15) is 4.79 Å². The summed E-state index contributed by atoms with van der Waals surface area (Å²) in [4.78, 5) is 16.8. The standard InChI is InChI=1S/C20H19N3O/c1-12-10-11-14-13-6-2-4-8-16(13)21-18(14)20(23-12)15-7-3-5-9-17(15)22-19(20)24/h2-9,12,21,23H,10-11H2,1H3,(H,22,24)/p+1/t12-,20+/m0/s1. The number of aryl methyl sites for hydroxylation is 1. The molecule has 0 aliphatic carbocycles. The van der Waals surface area contributed by atoms with E-state index in [4.69, 9.17) is 0 Å². The van der Waals surface area contributed by atoms with E-state index in [1.165, 1.54) is 10.9 Å². The van der Waals surface area contributed by atoms with Crippen molar-refractivity contribution in [3.63, 3.8) is 0 Å². The van der Waals surface area contributed by atoms with Crippen molar-refractivity contribution in [2.75, 3.05) is 5.32 Å². The minimum Gasteiger partial charge on any atom is -0.352 e. The first-order chi connectivity index (χ1) is 11.7. The van der Waals surface area contributed by atoms with Crippen molar-refractivity contribution in [1.82, 2.24) is 4.98 Å². The number of para-hydroxylation sites is 2. The molecule has 0 unspecified atom stereocenters. The number of carbonyl (C=O) groups excluding carboxylic acids is 1. The van der Waals surface area contributed by atoms with Gasteiger partial charge < -0.3 is 15.6 Å². The van der Waals surface area contributed by atoms with Gasteiger partial charge in [0, 0.05) is 17.3 Å². The van der Waals surface area contributed by atoms with Gasteiger partial charge in [0.25, 0.3) is 5.91 Å². The van der Waals surface area contributed by atoms with Crippen LogP contribution in [-0.2, 0) is 16.8 Å². The van der Waals surface area contributed by atoms with Crippen LogP contribution in [-0.4, -0.2) is 16.9 Å². The van der Waals surface area contributed by atoms with E-state index in [1.54, 1.807) is 0 Å². The number of amides is 1. The zero-order valence-electron chi connectivity index (χ0n) is 13.6. The number of hydrogen-bond acceptors (Lipinski definition) is 1. The summed E-state index contributed by atoms with van der Waals surface area (Å²) in [6, 6.07) is 16.8. The van der Waals surface area contributed by atoms with Crippen molar-refractivity contribution in [2.24, 2.45) is 0 Å². The zero-order valence-corrected chi connectivity index (χ0v) is 13.6. The van der Waals surface area contributed by atoms with Crippen molar-refractivity contribution >= 4 is 22.5 Å². The van der Waals surface area contributed by atoms with Gasteiger partial charge in [0.15, 0.2) is 0 Å². The molecule has 2 aromatic carbocycles. The molecule has 3 heterocycles. The van der Waals surface area contributed by atoms with E-state index in [-0.39, 0.29) is 5.91 Å². The second-order valence-corrected chi connectivity index (χ2v) is 7.01. The van der Waals surface area contributed by atoms with Gasteiger partial charge in [-0.15, -0.1) is 0 Å². The van der Waals surface area contributed by atoms with Crippen LogP contribution in [0.15, 0.2) is 48.5 Å². The van der Waals surface area contributed by atoms with Gasteiger partial charge in [-0.3, -0.25) is 4.79 Å². The molecule has 1 amide bonds. The molecular weight excluding hydrogens is 298 g/mol. The summed E-state index contributed by atoms with van der Waals surface area (Å²) in [5.74, 6) is 0.0604. The lowest BCUT2D eigenvalue weighted by Gasteiger charge is -2.26. The minimum atomic E-state index is -0.707. The van der Waals surface area contributed by atoms with Crippen molar-refractivity contribution in [3.05, 3.63) is 65.4 Å². The Morgan fingerprint density at radius 1 is 1.12 bits per heavy atom. The topological polar surface area (TPSA) is 61.5 Å². The van der Waals surface area contributed by atoms with Crippen LogP contribution in [0.5, 0.6) is 0 Å². The number of aromatic nitrogens is 1. The SMILES string of the molecule is C[C@H]1CCc2c([nH]c3ccccc23)[C@@]2([NH2+]1)C(=O)Nc1ccccc12. The van der Waals surface area contributed by atoms with Crippen molar-refractivity contribution in [3.8, 4) is 0 Å². The average molecular weight is 318 g/mol. The molecule has 0 saturated heterocycles. The average Bonchev–Trinajstić information content (AvgIpc) is 3.04.